The Morgan fingerprint density at radius 3 is 2.25 bits per heavy atom. The number of hydrogen-bond donors (Lipinski definition) is 2. The van der Waals surface area contributed by atoms with Gasteiger partial charge in [0.15, 0.2) is 0 Å². The Morgan fingerprint density at radius 2 is 1.62 bits per heavy atom. The molecule has 0 spiro atoms. The van der Waals surface area contributed by atoms with Crippen LogP contribution in [0.2, 0.25) is 0 Å². The second-order valence-corrected chi connectivity index (χ2v) is 7.70. The first-order valence-electron chi connectivity index (χ1n) is 8.71. The van der Waals surface area contributed by atoms with Gasteiger partial charge in [0.05, 0.1) is 13.2 Å². The van der Waals surface area contributed by atoms with Crippen LogP contribution in [0.1, 0.15) is 33.3 Å². The van der Waals surface area contributed by atoms with Crippen LogP contribution in [0.3, 0.4) is 0 Å². The summed E-state index contributed by atoms with van der Waals surface area (Å²) in [6.45, 7) is 13.2. The molecule has 0 radical (unpaired) electrons. The van der Waals surface area contributed by atoms with Crippen LogP contribution in [-0.2, 0) is 10.2 Å². The van der Waals surface area contributed by atoms with E-state index in [1.807, 2.05) is 18.2 Å². The second kappa shape index (κ2) is 7.99. The number of nitrogens with one attached hydrogen (secondary N) is 2. The van der Waals surface area contributed by atoms with Gasteiger partial charge < -0.3 is 15.4 Å². The van der Waals surface area contributed by atoms with Crippen molar-refractivity contribution in [3.8, 4) is 0 Å². The summed E-state index contributed by atoms with van der Waals surface area (Å²) in [5.41, 5.74) is 1.05. The minimum atomic E-state index is -0.111. The summed E-state index contributed by atoms with van der Waals surface area (Å²) < 4.78 is 5.40. The number of carbonyl (C=O) groups is 1. The van der Waals surface area contributed by atoms with Crippen molar-refractivity contribution in [2.75, 3.05) is 39.4 Å². The predicted molar refractivity (Wildman–Crippen MR) is 97.3 cm³/mol. The van der Waals surface area contributed by atoms with Gasteiger partial charge in [-0.25, -0.2) is 4.79 Å². The first kappa shape index (κ1) is 18.7. The third-order valence-electron chi connectivity index (χ3n) is 4.79. The number of ether oxygens (including phenoxy) is 1. The van der Waals surface area contributed by atoms with Gasteiger partial charge >= 0.3 is 6.03 Å². The highest BCUT2D eigenvalue weighted by molar-refractivity contribution is 5.74. The second-order valence-electron chi connectivity index (χ2n) is 7.70. The summed E-state index contributed by atoms with van der Waals surface area (Å²) >= 11 is 0. The molecule has 0 unspecified atom stereocenters. The molecule has 0 bridgehead atoms. The maximum absolute atomic E-state index is 12.2. The number of urea groups is 1. The summed E-state index contributed by atoms with van der Waals surface area (Å²) in [4.78, 5) is 14.6. The van der Waals surface area contributed by atoms with E-state index in [4.69, 9.17) is 4.74 Å². The van der Waals surface area contributed by atoms with Gasteiger partial charge in [-0.2, -0.15) is 0 Å². The normalized spacial score (nSPS) is 16.7. The summed E-state index contributed by atoms with van der Waals surface area (Å²) in [6, 6.07) is 10.2. The Labute approximate surface area is 145 Å². The van der Waals surface area contributed by atoms with E-state index in [1.165, 1.54) is 5.56 Å². The van der Waals surface area contributed by atoms with E-state index in [-0.39, 0.29) is 17.0 Å². The molecule has 5 heteroatoms. The fourth-order valence-corrected chi connectivity index (χ4v) is 2.93. The minimum absolute atomic E-state index is 0.0733. The van der Waals surface area contributed by atoms with Crippen LogP contribution in [0, 0.1) is 0 Å². The summed E-state index contributed by atoms with van der Waals surface area (Å²) in [6.07, 6.45) is 0. The average Bonchev–Trinajstić information content (AvgIpc) is 2.60. The van der Waals surface area contributed by atoms with E-state index >= 15 is 0 Å². The number of benzene rings is 1. The highest BCUT2D eigenvalue weighted by Gasteiger charge is 2.29. The van der Waals surface area contributed by atoms with Crippen molar-refractivity contribution in [2.24, 2.45) is 0 Å². The van der Waals surface area contributed by atoms with E-state index in [1.54, 1.807) is 0 Å². The van der Waals surface area contributed by atoms with Crippen molar-refractivity contribution < 1.29 is 9.53 Å². The van der Waals surface area contributed by atoms with Gasteiger partial charge in [-0.1, -0.05) is 44.2 Å². The van der Waals surface area contributed by atoms with Crippen molar-refractivity contribution in [1.82, 2.24) is 15.5 Å². The molecule has 1 heterocycles. The zero-order chi connectivity index (χ0) is 17.6. The SMILES string of the molecule is CC(C)(CNC(=O)NCC(C)(C)N1CCOCC1)c1ccccc1. The van der Waals surface area contributed by atoms with Crippen LogP contribution in [0.5, 0.6) is 0 Å². The van der Waals surface area contributed by atoms with Crippen molar-refractivity contribution in [3.05, 3.63) is 35.9 Å². The maximum atomic E-state index is 12.2. The lowest BCUT2D eigenvalue weighted by Crippen LogP contribution is -2.56. The molecule has 5 nitrogen and oxygen atoms in total. The lowest BCUT2D eigenvalue weighted by Gasteiger charge is -2.40. The van der Waals surface area contributed by atoms with Gasteiger partial charge in [-0.15, -0.1) is 0 Å². The molecular formula is C19H31N3O2. The molecular weight excluding hydrogens is 302 g/mol. The number of nitrogens with zero attached hydrogens (tertiary/aromatic N) is 1. The molecule has 0 atom stereocenters. The Morgan fingerprint density at radius 1 is 1.04 bits per heavy atom. The van der Waals surface area contributed by atoms with E-state index < -0.39 is 0 Å². The molecule has 1 fully saturated rings. The number of carbonyl (C=O) groups excluding carboxylic acids is 1. The third-order valence-corrected chi connectivity index (χ3v) is 4.79. The monoisotopic (exact) mass is 333 g/mol. The van der Waals surface area contributed by atoms with Gasteiger partial charge in [0.1, 0.15) is 0 Å². The van der Waals surface area contributed by atoms with Crippen molar-refractivity contribution >= 4 is 6.03 Å². The molecule has 0 aliphatic carbocycles. The molecule has 24 heavy (non-hydrogen) atoms. The fourth-order valence-electron chi connectivity index (χ4n) is 2.93. The number of rotatable bonds is 6. The quantitative estimate of drug-likeness (QED) is 0.840. The zero-order valence-corrected chi connectivity index (χ0v) is 15.4. The molecule has 0 aromatic heterocycles. The van der Waals surface area contributed by atoms with E-state index in [0.29, 0.717) is 13.1 Å². The van der Waals surface area contributed by atoms with Crippen LogP contribution < -0.4 is 10.6 Å². The van der Waals surface area contributed by atoms with Crippen LogP contribution in [0.15, 0.2) is 30.3 Å². The maximum Gasteiger partial charge on any atom is 0.314 e. The molecule has 1 aliphatic rings. The standard InChI is InChI=1S/C19H31N3O2/c1-18(2,16-8-6-5-7-9-16)14-20-17(23)21-15-19(3,4)22-10-12-24-13-11-22/h5-9H,10-15H2,1-4H3,(H2,20,21,23). The lowest BCUT2D eigenvalue weighted by atomic mass is 9.85. The zero-order valence-electron chi connectivity index (χ0n) is 15.4. The molecule has 134 valence electrons. The molecule has 1 aromatic carbocycles. The van der Waals surface area contributed by atoms with Gasteiger partial charge in [-0.05, 0) is 19.4 Å². The van der Waals surface area contributed by atoms with Crippen LogP contribution in [0.25, 0.3) is 0 Å². The lowest BCUT2D eigenvalue weighted by molar-refractivity contribution is -0.00875. The minimum Gasteiger partial charge on any atom is -0.379 e. The summed E-state index contributed by atoms with van der Waals surface area (Å²) in [7, 11) is 0. The summed E-state index contributed by atoms with van der Waals surface area (Å²) in [5.74, 6) is 0. The number of hydrogen-bond acceptors (Lipinski definition) is 3. The molecule has 1 aliphatic heterocycles. The Kier molecular flexibility index (Phi) is 6.24. The molecule has 2 amide bonds. The first-order valence-corrected chi connectivity index (χ1v) is 8.71. The third kappa shape index (κ3) is 5.21. The van der Waals surface area contributed by atoms with Crippen LogP contribution in [0.4, 0.5) is 4.79 Å². The molecule has 1 saturated heterocycles. The average molecular weight is 333 g/mol. The smallest absolute Gasteiger partial charge is 0.314 e. The number of morpholine rings is 1. The van der Waals surface area contributed by atoms with Crippen molar-refractivity contribution in [2.45, 2.75) is 38.6 Å². The first-order chi connectivity index (χ1) is 11.3. The van der Waals surface area contributed by atoms with E-state index in [2.05, 4.69) is 55.4 Å². The van der Waals surface area contributed by atoms with Gasteiger partial charge in [-0.3, -0.25) is 4.90 Å². The Bertz CT molecular complexity index is 523. The number of amides is 2. The van der Waals surface area contributed by atoms with E-state index in [0.717, 1.165) is 26.3 Å². The Hall–Kier alpha value is -1.59. The van der Waals surface area contributed by atoms with Crippen LogP contribution in [-0.4, -0.2) is 55.9 Å². The van der Waals surface area contributed by atoms with Gasteiger partial charge in [0.2, 0.25) is 0 Å². The summed E-state index contributed by atoms with van der Waals surface area (Å²) in [5, 5.41) is 6.02. The largest absolute Gasteiger partial charge is 0.379 e. The van der Waals surface area contributed by atoms with Gasteiger partial charge in [0, 0.05) is 37.1 Å². The molecule has 2 rings (SSSR count). The van der Waals surface area contributed by atoms with Crippen molar-refractivity contribution in [3.63, 3.8) is 0 Å². The molecule has 1 aromatic rings. The van der Waals surface area contributed by atoms with Crippen LogP contribution >= 0.6 is 0 Å². The fraction of sp³-hybridized carbons (Fsp3) is 0.632. The Balaban J connectivity index is 1.78. The molecule has 0 saturated carbocycles. The van der Waals surface area contributed by atoms with E-state index in [9.17, 15) is 4.79 Å². The predicted octanol–water partition coefficient (Wildman–Crippen LogP) is 2.37. The highest BCUT2D eigenvalue weighted by Crippen LogP contribution is 2.21. The molecule has 2 N–H and O–H groups in total. The van der Waals surface area contributed by atoms with Crippen molar-refractivity contribution in [1.29, 1.82) is 0 Å². The highest BCUT2D eigenvalue weighted by atomic mass is 16.5. The topological polar surface area (TPSA) is 53.6 Å². The van der Waals surface area contributed by atoms with Gasteiger partial charge in [0.25, 0.3) is 0 Å².